The van der Waals surface area contributed by atoms with Crippen molar-refractivity contribution in [2.24, 2.45) is 0 Å². The molecular weight excluding hydrogens is 246 g/mol. The van der Waals surface area contributed by atoms with E-state index < -0.39 is 11.8 Å². The SMILES string of the molecule is CCCCOc1ccc(C(=O)/C=C/C(=O)O)cc1N. The van der Waals surface area contributed by atoms with E-state index in [0.717, 1.165) is 25.0 Å². The highest BCUT2D eigenvalue weighted by molar-refractivity contribution is 6.07. The van der Waals surface area contributed by atoms with Crippen LogP contribution in [0, 0.1) is 0 Å². The molecule has 3 N–H and O–H groups in total. The number of carboxylic acid groups (broad SMARTS) is 1. The third kappa shape index (κ3) is 4.83. The lowest BCUT2D eigenvalue weighted by molar-refractivity contribution is -0.131. The number of aliphatic carboxylic acids is 1. The first-order chi connectivity index (χ1) is 9.04. The fraction of sp³-hybridized carbons (Fsp3) is 0.286. The monoisotopic (exact) mass is 263 g/mol. The number of carboxylic acids is 1. The maximum absolute atomic E-state index is 11.6. The van der Waals surface area contributed by atoms with Gasteiger partial charge in [0.1, 0.15) is 5.75 Å². The quantitative estimate of drug-likeness (QED) is 0.341. The van der Waals surface area contributed by atoms with Crippen LogP contribution in [-0.2, 0) is 4.79 Å². The Kier molecular flexibility index (Phi) is 5.60. The molecule has 0 saturated heterocycles. The third-order valence-electron chi connectivity index (χ3n) is 2.43. The Labute approximate surface area is 111 Å². The van der Waals surface area contributed by atoms with Gasteiger partial charge in [-0.1, -0.05) is 13.3 Å². The summed E-state index contributed by atoms with van der Waals surface area (Å²) in [5, 5.41) is 8.44. The van der Waals surface area contributed by atoms with Crippen molar-refractivity contribution in [1.29, 1.82) is 0 Å². The smallest absolute Gasteiger partial charge is 0.328 e. The van der Waals surface area contributed by atoms with Crippen molar-refractivity contribution < 1.29 is 19.4 Å². The molecule has 0 aliphatic rings. The van der Waals surface area contributed by atoms with Crippen molar-refractivity contribution in [1.82, 2.24) is 0 Å². The minimum Gasteiger partial charge on any atom is -0.491 e. The van der Waals surface area contributed by atoms with E-state index in [2.05, 4.69) is 6.92 Å². The molecule has 1 aromatic carbocycles. The molecule has 0 heterocycles. The number of nitrogen functional groups attached to an aromatic ring is 1. The van der Waals surface area contributed by atoms with Crippen LogP contribution in [-0.4, -0.2) is 23.5 Å². The number of hydrogen-bond donors (Lipinski definition) is 2. The van der Waals surface area contributed by atoms with Crippen LogP contribution in [0.5, 0.6) is 5.75 Å². The highest BCUT2D eigenvalue weighted by Gasteiger charge is 2.07. The highest BCUT2D eigenvalue weighted by atomic mass is 16.5. The Bertz CT molecular complexity index is 494. The van der Waals surface area contributed by atoms with Crippen LogP contribution in [0.15, 0.2) is 30.4 Å². The molecule has 0 aliphatic heterocycles. The number of anilines is 1. The van der Waals surface area contributed by atoms with Crippen molar-refractivity contribution in [3.05, 3.63) is 35.9 Å². The van der Waals surface area contributed by atoms with Crippen LogP contribution in [0.25, 0.3) is 0 Å². The Morgan fingerprint density at radius 3 is 2.68 bits per heavy atom. The van der Waals surface area contributed by atoms with Gasteiger partial charge in [-0.15, -0.1) is 0 Å². The van der Waals surface area contributed by atoms with E-state index in [1.54, 1.807) is 12.1 Å². The number of rotatable bonds is 7. The molecule has 0 saturated carbocycles. The minimum atomic E-state index is -1.17. The van der Waals surface area contributed by atoms with Gasteiger partial charge in [0.05, 0.1) is 12.3 Å². The van der Waals surface area contributed by atoms with Crippen LogP contribution in [0.4, 0.5) is 5.69 Å². The second-order valence-corrected chi connectivity index (χ2v) is 3.99. The molecule has 1 rings (SSSR count). The van der Waals surface area contributed by atoms with Crippen molar-refractivity contribution in [3.63, 3.8) is 0 Å². The molecule has 0 unspecified atom stereocenters. The first kappa shape index (κ1) is 14.8. The summed E-state index contributed by atoms with van der Waals surface area (Å²) in [5.74, 6) is -1.04. The predicted octanol–water partition coefficient (Wildman–Crippen LogP) is 2.27. The van der Waals surface area contributed by atoms with Gasteiger partial charge >= 0.3 is 5.97 Å². The lowest BCUT2D eigenvalue weighted by atomic mass is 10.1. The largest absolute Gasteiger partial charge is 0.491 e. The van der Waals surface area contributed by atoms with Crippen molar-refractivity contribution in [2.45, 2.75) is 19.8 Å². The Morgan fingerprint density at radius 1 is 1.37 bits per heavy atom. The average Bonchev–Trinajstić information content (AvgIpc) is 2.38. The van der Waals surface area contributed by atoms with Gasteiger partial charge in [0, 0.05) is 11.6 Å². The molecule has 102 valence electrons. The fourth-order valence-corrected chi connectivity index (χ4v) is 1.40. The second-order valence-electron chi connectivity index (χ2n) is 3.99. The van der Waals surface area contributed by atoms with Crippen molar-refractivity contribution in [2.75, 3.05) is 12.3 Å². The van der Waals surface area contributed by atoms with Gasteiger partial charge < -0.3 is 15.6 Å². The normalized spacial score (nSPS) is 10.6. The maximum Gasteiger partial charge on any atom is 0.328 e. The van der Waals surface area contributed by atoms with Crippen LogP contribution in [0.3, 0.4) is 0 Å². The molecule has 5 heteroatoms. The molecule has 0 aromatic heterocycles. The molecule has 0 radical (unpaired) electrons. The number of ketones is 1. The van der Waals surface area contributed by atoms with Crippen molar-refractivity contribution >= 4 is 17.4 Å². The highest BCUT2D eigenvalue weighted by Crippen LogP contribution is 2.23. The summed E-state index contributed by atoms with van der Waals surface area (Å²) in [6, 6.07) is 4.66. The number of nitrogens with two attached hydrogens (primary N) is 1. The summed E-state index contributed by atoms with van der Waals surface area (Å²) < 4.78 is 5.46. The topological polar surface area (TPSA) is 89.6 Å². The number of hydrogen-bond acceptors (Lipinski definition) is 4. The summed E-state index contributed by atoms with van der Waals surface area (Å²) in [4.78, 5) is 21.9. The minimum absolute atomic E-state index is 0.331. The van der Waals surface area contributed by atoms with E-state index in [1.165, 1.54) is 6.07 Å². The van der Waals surface area contributed by atoms with E-state index >= 15 is 0 Å². The molecule has 19 heavy (non-hydrogen) atoms. The molecular formula is C14H17NO4. The van der Waals surface area contributed by atoms with E-state index in [1.807, 2.05) is 0 Å². The van der Waals surface area contributed by atoms with Crippen LogP contribution >= 0.6 is 0 Å². The zero-order valence-electron chi connectivity index (χ0n) is 10.8. The van der Waals surface area contributed by atoms with E-state index in [9.17, 15) is 9.59 Å². The zero-order valence-corrected chi connectivity index (χ0v) is 10.8. The molecule has 0 spiro atoms. The third-order valence-corrected chi connectivity index (χ3v) is 2.43. The summed E-state index contributed by atoms with van der Waals surface area (Å²) in [7, 11) is 0. The Hall–Kier alpha value is -2.30. The Morgan fingerprint density at radius 2 is 2.11 bits per heavy atom. The molecule has 0 bridgehead atoms. The molecule has 0 amide bonds. The van der Waals surface area contributed by atoms with Gasteiger partial charge in [-0.3, -0.25) is 4.79 Å². The number of benzene rings is 1. The summed E-state index contributed by atoms with van der Waals surface area (Å²) in [6.45, 7) is 2.64. The standard InChI is InChI=1S/C14H17NO4/c1-2-3-8-19-13-6-4-10(9-11(13)15)12(16)5-7-14(17)18/h4-7,9H,2-3,8,15H2,1H3,(H,17,18)/b7-5+. The van der Waals surface area contributed by atoms with E-state index in [4.69, 9.17) is 15.6 Å². The number of allylic oxidation sites excluding steroid dienone is 1. The predicted molar refractivity (Wildman–Crippen MR) is 72.4 cm³/mol. The van der Waals surface area contributed by atoms with Gasteiger partial charge in [-0.25, -0.2) is 4.79 Å². The lowest BCUT2D eigenvalue weighted by Gasteiger charge is -2.09. The number of carbonyl (C=O) groups excluding carboxylic acids is 1. The summed E-state index contributed by atoms with van der Waals surface area (Å²) in [6.07, 6.45) is 3.75. The number of unbranched alkanes of at least 4 members (excludes halogenated alkanes) is 1. The van der Waals surface area contributed by atoms with Crippen LogP contribution < -0.4 is 10.5 Å². The Balaban J connectivity index is 2.75. The van der Waals surface area contributed by atoms with Gasteiger partial charge in [0.2, 0.25) is 0 Å². The van der Waals surface area contributed by atoms with Crippen LogP contribution in [0.1, 0.15) is 30.1 Å². The zero-order chi connectivity index (χ0) is 14.3. The summed E-state index contributed by atoms with van der Waals surface area (Å²) in [5.41, 5.74) is 6.48. The van der Waals surface area contributed by atoms with Gasteiger partial charge in [-0.05, 0) is 30.7 Å². The lowest BCUT2D eigenvalue weighted by Crippen LogP contribution is -2.02. The molecule has 0 aliphatic carbocycles. The maximum atomic E-state index is 11.6. The second kappa shape index (κ2) is 7.20. The van der Waals surface area contributed by atoms with E-state index in [0.29, 0.717) is 23.6 Å². The number of ether oxygens (including phenoxy) is 1. The van der Waals surface area contributed by atoms with Gasteiger partial charge in [0.25, 0.3) is 0 Å². The first-order valence-electron chi connectivity index (χ1n) is 6.02. The van der Waals surface area contributed by atoms with Gasteiger partial charge in [0.15, 0.2) is 5.78 Å². The van der Waals surface area contributed by atoms with Crippen LogP contribution in [0.2, 0.25) is 0 Å². The summed E-state index contributed by atoms with van der Waals surface area (Å²) >= 11 is 0. The fourth-order valence-electron chi connectivity index (χ4n) is 1.40. The molecule has 1 aromatic rings. The van der Waals surface area contributed by atoms with Gasteiger partial charge in [-0.2, -0.15) is 0 Å². The molecule has 0 atom stereocenters. The van der Waals surface area contributed by atoms with Crippen molar-refractivity contribution in [3.8, 4) is 5.75 Å². The first-order valence-corrected chi connectivity index (χ1v) is 6.02. The molecule has 5 nitrogen and oxygen atoms in total. The average molecular weight is 263 g/mol. The number of carbonyl (C=O) groups is 2. The van der Waals surface area contributed by atoms with E-state index in [-0.39, 0.29) is 0 Å². The molecule has 0 fully saturated rings.